The molecule has 3 rings (SSSR count). The van der Waals surface area contributed by atoms with Crippen LogP contribution in [0.25, 0.3) is 0 Å². The predicted octanol–water partition coefficient (Wildman–Crippen LogP) is 1.14. The summed E-state index contributed by atoms with van der Waals surface area (Å²) < 4.78 is 34.0. The lowest BCUT2D eigenvalue weighted by Gasteiger charge is -2.21. The number of hydrogen-bond acceptors (Lipinski definition) is 6. The molecule has 0 aliphatic carbocycles. The number of amides is 1. The van der Waals surface area contributed by atoms with Gasteiger partial charge in [0.05, 0.1) is 18.0 Å². The summed E-state index contributed by atoms with van der Waals surface area (Å²) in [7, 11) is -1.94. The Kier molecular flexibility index (Phi) is 5.99. The number of imidazole rings is 1. The Hall–Kier alpha value is -2.46. The van der Waals surface area contributed by atoms with Gasteiger partial charge in [-0.3, -0.25) is 4.79 Å². The fraction of sp³-hybridized carbons (Fsp3) is 0.500. The fourth-order valence-corrected chi connectivity index (χ4v) is 4.43. The molecule has 0 saturated carbocycles. The lowest BCUT2D eigenvalue weighted by molar-refractivity contribution is 0.0763. The second-order valence-corrected chi connectivity index (χ2v) is 8.86. The van der Waals surface area contributed by atoms with E-state index in [0.717, 1.165) is 0 Å². The zero-order valence-corrected chi connectivity index (χ0v) is 17.1. The molecule has 0 unspecified atom stereocenters. The van der Waals surface area contributed by atoms with E-state index < -0.39 is 10.0 Å². The molecular weight excluding hydrogens is 382 g/mol. The first-order valence-corrected chi connectivity index (χ1v) is 10.6. The Morgan fingerprint density at radius 2 is 1.93 bits per heavy atom. The summed E-state index contributed by atoms with van der Waals surface area (Å²) in [5.74, 6) is 0.302. The van der Waals surface area contributed by atoms with E-state index in [1.807, 2.05) is 13.8 Å². The maximum absolute atomic E-state index is 12.8. The summed E-state index contributed by atoms with van der Waals surface area (Å²) in [6.07, 6.45) is 5.00. The maximum Gasteiger partial charge on any atom is 0.262 e. The van der Waals surface area contributed by atoms with Crippen molar-refractivity contribution >= 4 is 15.9 Å². The van der Waals surface area contributed by atoms with E-state index in [4.69, 9.17) is 4.74 Å². The van der Waals surface area contributed by atoms with Crippen LogP contribution in [-0.2, 0) is 17.1 Å². The van der Waals surface area contributed by atoms with Gasteiger partial charge in [0.25, 0.3) is 15.9 Å². The first kappa shape index (κ1) is 20.3. The van der Waals surface area contributed by atoms with Crippen LogP contribution in [0.15, 0.2) is 35.9 Å². The first-order valence-electron chi connectivity index (χ1n) is 9.17. The third-order valence-electron chi connectivity index (χ3n) is 4.37. The molecule has 1 saturated heterocycles. The van der Waals surface area contributed by atoms with E-state index in [1.54, 1.807) is 28.6 Å². The van der Waals surface area contributed by atoms with Crippen LogP contribution in [0.3, 0.4) is 0 Å². The van der Waals surface area contributed by atoms with Gasteiger partial charge in [-0.15, -0.1) is 0 Å². The molecule has 0 bridgehead atoms. The average Bonchev–Trinajstić information content (AvgIpc) is 2.94. The Morgan fingerprint density at radius 1 is 1.14 bits per heavy atom. The number of sulfonamides is 1. The van der Waals surface area contributed by atoms with Gasteiger partial charge in [-0.1, -0.05) is 0 Å². The minimum atomic E-state index is -3.66. The van der Waals surface area contributed by atoms with Gasteiger partial charge in [0.15, 0.2) is 5.03 Å². The average molecular weight is 407 g/mol. The van der Waals surface area contributed by atoms with Gasteiger partial charge < -0.3 is 14.2 Å². The highest BCUT2D eigenvalue weighted by atomic mass is 32.2. The summed E-state index contributed by atoms with van der Waals surface area (Å²) in [5, 5.41) is 0.0275. The summed E-state index contributed by atoms with van der Waals surface area (Å²) >= 11 is 0. The second-order valence-electron chi connectivity index (χ2n) is 6.98. The normalized spacial score (nSPS) is 16.2. The Balaban J connectivity index is 1.67. The number of carbonyl (C=O) groups excluding carboxylic acids is 1. The Labute approximate surface area is 165 Å². The maximum atomic E-state index is 12.8. The molecular formula is C18H25N5O4S. The lowest BCUT2D eigenvalue weighted by atomic mass is 10.2. The van der Waals surface area contributed by atoms with Crippen molar-refractivity contribution in [2.45, 2.75) is 31.4 Å². The highest BCUT2D eigenvalue weighted by Crippen LogP contribution is 2.17. The zero-order valence-electron chi connectivity index (χ0n) is 16.3. The summed E-state index contributed by atoms with van der Waals surface area (Å²) in [4.78, 5) is 22.6. The Bertz CT molecular complexity index is 924. The number of aryl methyl sites for hydroxylation is 1. The van der Waals surface area contributed by atoms with E-state index >= 15 is 0 Å². The lowest BCUT2D eigenvalue weighted by Crippen LogP contribution is -2.37. The van der Waals surface area contributed by atoms with Gasteiger partial charge in [-0.05, 0) is 26.3 Å². The van der Waals surface area contributed by atoms with Crippen molar-refractivity contribution < 1.29 is 17.9 Å². The second kappa shape index (κ2) is 8.27. The number of carbonyl (C=O) groups is 1. The molecule has 0 atom stereocenters. The monoisotopic (exact) mass is 407 g/mol. The van der Waals surface area contributed by atoms with Gasteiger partial charge in [-0.2, -0.15) is 4.31 Å². The number of nitrogens with zero attached hydrogens (tertiary/aromatic N) is 5. The highest BCUT2D eigenvalue weighted by molar-refractivity contribution is 7.89. The standard InChI is InChI=1S/C18H25N5O4S/c1-14(2)27-16-6-5-15(11-19-16)18(24)22-7-4-8-23(10-9-22)28(25,26)17-12-21(3)13-20-17/h5-6,11-14H,4,7-10H2,1-3H3. The van der Waals surface area contributed by atoms with Crippen LogP contribution in [0.2, 0.25) is 0 Å². The Morgan fingerprint density at radius 3 is 2.54 bits per heavy atom. The van der Waals surface area contributed by atoms with E-state index in [0.29, 0.717) is 37.5 Å². The van der Waals surface area contributed by atoms with E-state index in [9.17, 15) is 13.2 Å². The van der Waals surface area contributed by atoms with Crippen molar-refractivity contribution in [2.24, 2.45) is 7.05 Å². The minimum absolute atomic E-state index is 0.00620. The van der Waals surface area contributed by atoms with Gasteiger partial charge in [0.2, 0.25) is 5.88 Å². The molecule has 28 heavy (non-hydrogen) atoms. The van der Waals surface area contributed by atoms with Crippen LogP contribution in [0, 0.1) is 0 Å². The molecule has 9 nitrogen and oxygen atoms in total. The SMILES string of the molecule is CC(C)Oc1ccc(C(=O)N2CCCN(S(=O)(=O)c3cn(C)cn3)CC2)cn1. The number of hydrogen-bond donors (Lipinski definition) is 0. The molecule has 1 amide bonds. The largest absolute Gasteiger partial charge is 0.475 e. The minimum Gasteiger partial charge on any atom is -0.475 e. The molecule has 0 radical (unpaired) electrons. The first-order chi connectivity index (χ1) is 13.3. The molecule has 1 aliphatic rings. The predicted molar refractivity (Wildman–Crippen MR) is 102 cm³/mol. The van der Waals surface area contributed by atoms with Crippen molar-refractivity contribution in [3.63, 3.8) is 0 Å². The van der Waals surface area contributed by atoms with Crippen LogP contribution >= 0.6 is 0 Å². The summed E-state index contributed by atoms with van der Waals surface area (Å²) in [6.45, 7) is 5.19. The summed E-state index contributed by atoms with van der Waals surface area (Å²) in [6, 6.07) is 3.35. The molecule has 152 valence electrons. The number of pyridine rings is 1. The van der Waals surface area contributed by atoms with Crippen molar-refractivity contribution in [1.82, 2.24) is 23.7 Å². The zero-order chi connectivity index (χ0) is 20.3. The molecule has 0 spiro atoms. The molecule has 2 aromatic heterocycles. The van der Waals surface area contributed by atoms with Gasteiger partial charge in [0.1, 0.15) is 0 Å². The van der Waals surface area contributed by atoms with Crippen LogP contribution in [0.4, 0.5) is 0 Å². The smallest absolute Gasteiger partial charge is 0.262 e. The topological polar surface area (TPSA) is 97.6 Å². The van der Waals surface area contributed by atoms with Crippen molar-refractivity contribution in [1.29, 1.82) is 0 Å². The molecule has 1 fully saturated rings. The number of ether oxygens (including phenoxy) is 1. The third kappa shape index (κ3) is 4.50. The molecule has 2 aromatic rings. The number of aromatic nitrogens is 3. The quantitative estimate of drug-likeness (QED) is 0.737. The van der Waals surface area contributed by atoms with Crippen molar-refractivity contribution in [2.75, 3.05) is 26.2 Å². The molecule has 1 aliphatic heterocycles. The van der Waals surface area contributed by atoms with Gasteiger partial charge in [0, 0.05) is 51.7 Å². The van der Waals surface area contributed by atoms with E-state index in [-0.39, 0.29) is 23.6 Å². The van der Waals surface area contributed by atoms with Crippen molar-refractivity contribution in [3.8, 4) is 5.88 Å². The van der Waals surface area contributed by atoms with Crippen LogP contribution in [-0.4, -0.2) is 70.3 Å². The van der Waals surface area contributed by atoms with Gasteiger partial charge >= 0.3 is 0 Å². The fourth-order valence-electron chi connectivity index (χ4n) is 2.99. The van der Waals surface area contributed by atoms with Crippen molar-refractivity contribution in [3.05, 3.63) is 36.4 Å². The van der Waals surface area contributed by atoms with Crippen LogP contribution in [0.1, 0.15) is 30.6 Å². The number of rotatable bonds is 5. The van der Waals surface area contributed by atoms with Gasteiger partial charge in [-0.25, -0.2) is 18.4 Å². The van der Waals surface area contributed by atoms with E-state index in [1.165, 1.54) is 23.0 Å². The molecule has 0 N–H and O–H groups in total. The molecule has 0 aromatic carbocycles. The molecule has 10 heteroatoms. The highest BCUT2D eigenvalue weighted by Gasteiger charge is 2.30. The summed E-state index contributed by atoms with van der Waals surface area (Å²) in [5.41, 5.74) is 0.456. The van der Waals surface area contributed by atoms with E-state index in [2.05, 4.69) is 9.97 Å². The molecule has 3 heterocycles. The third-order valence-corrected chi connectivity index (χ3v) is 6.15. The van der Waals surface area contributed by atoms with Crippen LogP contribution in [0.5, 0.6) is 5.88 Å². The van der Waals surface area contributed by atoms with Crippen LogP contribution < -0.4 is 4.74 Å².